The molecular formula is C10H13NO3. The molecule has 0 rings (SSSR count). The van der Waals surface area contributed by atoms with Crippen LogP contribution in [0, 0.1) is 11.3 Å². The monoisotopic (exact) mass is 195 g/mol. The Morgan fingerprint density at radius 3 is 2.43 bits per heavy atom. The first kappa shape index (κ1) is 12.4. The van der Waals surface area contributed by atoms with Gasteiger partial charge in [0.1, 0.15) is 6.07 Å². The summed E-state index contributed by atoms with van der Waals surface area (Å²) in [5, 5.41) is 18.2. The molecule has 0 aliphatic rings. The van der Waals surface area contributed by atoms with E-state index in [-0.39, 0.29) is 17.6 Å². The van der Waals surface area contributed by atoms with E-state index in [1.165, 1.54) is 6.92 Å². The van der Waals surface area contributed by atoms with Crippen LogP contribution < -0.4 is 0 Å². The number of esters is 1. The number of nitriles is 1. The van der Waals surface area contributed by atoms with Gasteiger partial charge in [-0.15, -0.1) is 0 Å². The Morgan fingerprint density at radius 1 is 1.64 bits per heavy atom. The van der Waals surface area contributed by atoms with E-state index in [4.69, 9.17) is 10.00 Å². The van der Waals surface area contributed by atoms with Crippen LogP contribution in [0.5, 0.6) is 0 Å². The SMILES string of the molecule is C=C(C)C(=O)OC(O)(CC)C(=C)C#N. The Hall–Kier alpha value is -1.60. The minimum Gasteiger partial charge on any atom is -0.425 e. The summed E-state index contributed by atoms with van der Waals surface area (Å²) in [6, 6.07) is 1.65. The molecule has 0 radical (unpaired) electrons. The van der Waals surface area contributed by atoms with E-state index < -0.39 is 11.8 Å². The van der Waals surface area contributed by atoms with Crippen molar-refractivity contribution in [3.05, 3.63) is 24.3 Å². The fraction of sp³-hybridized carbons (Fsp3) is 0.400. The fourth-order valence-electron chi connectivity index (χ4n) is 0.675. The average molecular weight is 195 g/mol. The van der Waals surface area contributed by atoms with Crippen molar-refractivity contribution in [2.24, 2.45) is 0 Å². The zero-order chi connectivity index (χ0) is 11.4. The second-order valence-electron chi connectivity index (χ2n) is 2.90. The van der Waals surface area contributed by atoms with Crippen LogP contribution in [0.25, 0.3) is 0 Å². The van der Waals surface area contributed by atoms with Crippen molar-refractivity contribution in [1.29, 1.82) is 5.26 Å². The summed E-state index contributed by atoms with van der Waals surface area (Å²) in [5.74, 6) is -2.66. The molecule has 0 saturated heterocycles. The van der Waals surface area contributed by atoms with Gasteiger partial charge in [-0.05, 0) is 6.92 Å². The summed E-state index contributed by atoms with van der Waals surface area (Å²) in [6.45, 7) is 9.70. The number of nitrogens with zero attached hydrogens (tertiary/aromatic N) is 1. The van der Waals surface area contributed by atoms with Crippen molar-refractivity contribution in [2.45, 2.75) is 26.1 Å². The second kappa shape index (κ2) is 4.58. The lowest BCUT2D eigenvalue weighted by atomic mass is 10.1. The van der Waals surface area contributed by atoms with E-state index in [0.29, 0.717) is 0 Å². The van der Waals surface area contributed by atoms with Crippen LogP contribution in [0.4, 0.5) is 0 Å². The molecule has 0 aromatic heterocycles. The molecule has 76 valence electrons. The van der Waals surface area contributed by atoms with Gasteiger partial charge in [0.25, 0.3) is 0 Å². The zero-order valence-electron chi connectivity index (χ0n) is 8.33. The first-order valence-electron chi connectivity index (χ1n) is 4.08. The third kappa shape index (κ3) is 2.71. The predicted molar refractivity (Wildman–Crippen MR) is 50.9 cm³/mol. The maximum Gasteiger partial charge on any atom is 0.335 e. The van der Waals surface area contributed by atoms with Crippen molar-refractivity contribution < 1.29 is 14.6 Å². The Kier molecular flexibility index (Phi) is 4.06. The standard InChI is InChI=1S/C10H13NO3/c1-5-10(13,8(4)6-11)14-9(12)7(2)3/h13H,2,4-5H2,1,3H3. The van der Waals surface area contributed by atoms with Crippen molar-refractivity contribution in [3.63, 3.8) is 0 Å². The first-order chi connectivity index (χ1) is 6.37. The van der Waals surface area contributed by atoms with E-state index in [1.807, 2.05) is 0 Å². The van der Waals surface area contributed by atoms with Crippen LogP contribution in [0.1, 0.15) is 20.3 Å². The van der Waals surface area contributed by atoms with Gasteiger partial charge in [-0.3, -0.25) is 0 Å². The van der Waals surface area contributed by atoms with Gasteiger partial charge in [-0.25, -0.2) is 4.79 Å². The van der Waals surface area contributed by atoms with Crippen LogP contribution >= 0.6 is 0 Å². The van der Waals surface area contributed by atoms with E-state index in [1.54, 1.807) is 13.0 Å². The Balaban J connectivity index is 4.75. The number of aliphatic hydroxyl groups is 1. The molecule has 0 bridgehead atoms. The third-order valence-corrected chi connectivity index (χ3v) is 1.70. The highest BCUT2D eigenvalue weighted by Crippen LogP contribution is 2.21. The van der Waals surface area contributed by atoms with E-state index >= 15 is 0 Å². The fourth-order valence-corrected chi connectivity index (χ4v) is 0.675. The quantitative estimate of drug-likeness (QED) is 0.317. The molecular weight excluding hydrogens is 182 g/mol. The van der Waals surface area contributed by atoms with E-state index in [2.05, 4.69) is 13.2 Å². The number of carbonyl (C=O) groups excluding carboxylic acids is 1. The largest absolute Gasteiger partial charge is 0.425 e. The maximum atomic E-state index is 11.1. The van der Waals surface area contributed by atoms with Crippen LogP contribution in [0.2, 0.25) is 0 Å². The van der Waals surface area contributed by atoms with Crippen LogP contribution in [0.3, 0.4) is 0 Å². The first-order valence-corrected chi connectivity index (χ1v) is 4.08. The third-order valence-electron chi connectivity index (χ3n) is 1.70. The van der Waals surface area contributed by atoms with Crippen LogP contribution in [-0.2, 0) is 9.53 Å². The topological polar surface area (TPSA) is 70.3 Å². The molecule has 14 heavy (non-hydrogen) atoms. The Morgan fingerprint density at radius 2 is 2.14 bits per heavy atom. The lowest BCUT2D eigenvalue weighted by Crippen LogP contribution is -2.35. The molecule has 0 amide bonds. The summed E-state index contributed by atoms with van der Waals surface area (Å²) < 4.78 is 4.70. The minimum absolute atomic E-state index is 0.0679. The molecule has 4 heteroatoms. The van der Waals surface area contributed by atoms with Gasteiger partial charge in [0.2, 0.25) is 5.79 Å². The summed E-state index contributed by atoms with van der Waals surface area (Å²) in [4.78, 5) is 11.1. The molecule has 0 aromatic carbocycles. The molecule has 1 N–H and O–H groups in total. The molecule has 4 nitrogen and oxygen atoms in total. The number of carbonyl (C=O) groups is 1. The number of rotatable bonds is 4. The van der Waals surface area contributed by atoms with Crippen LogP contribution in [-0.4, -0.2) is 16.9 Å². The van der Waals surface area contributed by atoms with Crippen molar-refractivity contribution >= 4 is 5.97 Å². The Labute approximate surface area is 83.1 Å². The second-order valence-corrected chi connectivity index (χ2v) is 2.90. The smallest absolute Gasteiger partial charge is 0.335 e. The maximum absolute atomic E-state index is 11.1. The van der Waals surface area contributed by atoms with E-state index in [0.717, 1.165) is 0 Å². The number of hydrogen-bond donors (Lipinski definition) is 1. The average Bonchev–Trinajstić information content (AvgIpc) is 2.15. The molecule has 1 unspecified atom stereocenters. The lowest BCUT2D eigenvalue weighted by molar-refractivity contribution is -0.189. The van der Waals surface area contributed by atoms with Crippen molar-refractivity contribution in [2.75, 3.05) is 0 Å². The van der Waals surface area contributed by atoms with Gasteiger partial charge in [-0.1, -0.05) is 20.1 Å². The van der Waals surface area contributed by atoms with Crippen LogP contribution in [0.15, 0.2) is 24.3 Å². The number of ether oxygens (including phenoxy) is 1. The minimum atomic E-state index is -1.91. The highest BCUT2D eigenvalue weighted by molar-refractivity contribution is 5.87. The van der Waals surface area contributed by atoms with Gasteiger partial charge in [0, 0.05) is 12.0 Å². The normalized spacial score (nSPS) is 13.6. The Bertz CT molecular complexity index is 314. The molecule has 0 heterocycles. The van der Waals surface area contributed by atoms with Gasteiger partial charge in [-0.2, -0.15) is 5.26 Å². The van der Waals surface area contributed by atoms with Gasteiger partial charge >= 0.3 is 5.97 Å². The van der Waals surface area contributed by atoms with Gasteiger partial charge in [0.05, 0.1) is 5.57 Å². The predicted octanol–water partition coefficient (Wildman–Crippen LogP) is 1.28. The summed E-state index contributed by atoms with van der Waals surface area (Å²) in [7, 11) is 0. The molecule has 0 aliphatic carbocycles. The number of hydrogen-bond acceptors (Lipinski definition) is 4. The van der Waals surface area contributed by atoms with Crippen molar-refractivity contribution in [3.8, 4) is 6.07 Å². The highest BCUT2D eigenvalue weighted by Gasteiger charge is 2.33. The summed E-state index contributed by atoms with van der Waals surface area (Å²) in [5.41, 5.74) is -0.0442. The molecule has 0 spiro atoms. The zero-order valence-corrected chi connectivity index (χ0v) is 8.33. The van der Waals surface area contributed by atoms with E-state index in [9.17, 15) is 9.90 Å². The van der Waals surface area contributed by atoms with Crippen molar-refractivity contribution in [1.82, 2.24) is 0 Å². The summed E-state index contributed by atoms with van der Waals surface area (Å²) in [6.07, 6.45) is 0.0679. The molecule has 1 atom stereocenters. The summed E-state index contributed by atoms with van der Waals surface area (Å²) >= 11 is 0. The molecule has 0 saturated carbocycles. The molecule has 0 aromatic rings. The molecule has 0 fully saturated rings. The van der Waals surface area contributed by atoms with Gasteiger partial charge < -0.3 is 9.84 Å². The van der Waals surface area contributed by atoms with Gasteiger partial charge in [0.15, 0.2) is 0 Å². The molecule has 0 aliphatic heterocycles. The lowest BCUT2D eigenvalue weighted by Gasteiger charge is -2.25. The highest BCUT2D eigenvalue weighted by atomic mass is 16.7.